The van der Waals surface area contributed by atoms with Gasteiger partial charge < -0.3 is 5.32 Å². The van der Waals surface area contributed by atoms with E-state index in [1.54, 1.807) is 13.1 Å². The summed E-state index contributed by atoms with van der Waals surface area (Å²) in [6.07, 6.45) is 2.96. The highest BCUT2D eigenvalue weighted by Gasteiger charge is 2.16. The maximum atomic E-state index is 12.2. The predicted molar refractivity (Wildman–Crippen MR) is 84.9 cm³/mol. The Kier molecular flexibility index (Phi) is 4.44. The molecule has 0 aromatic carbocycles. The van der Waals surface area contributed by atoms with Gasteiger partial charge in [-0.1, -0.05) is 13.8 Å². The Morgan fingerprint density at radius 2 is 1.86 bits per heavy atom. The second kappa shape index (κ2) is 6.13. The molecule has 0 fully saturated rings. The van der Waals surface area contributed by atoms with Crippen LogP contribution in [0.15, 0.2) is 21.9 Å². The number of hydrogen-bond donors (Lipinski definition) is 1. The van der Waals surface area contributed by atoms with Gasteiger partial charge in [0.2, 0.25) is 5.91 Å². The summed E-state index contributed by atoms with van der Waals surface area (Å²) in [6.45, 7) is 3.91. The molecular formula is C15H20N4O3. The molecule has 2 aromatic heterocycles. The summed E-state index contributed by atoms with van der Waals surface area (Å²) >= 11 is 0. The maximum absolute atomic E-state index is 12.2. The zero-order valence-electron chi connectivity index (χ0n) is 13.2. The van der Waals surface area contributed by atoms with E-state index in [4.69, 9.17) is 0 Å². The molecule has 2 heterocycles. The summed E-state index contributed by atoms with van der Waals surface area (Å²) in [7, 11) is 2.97. The minimum Gasteiger partial charge on any atom is -0.324 e. The van der Waals surface area contributed by atoms with Gasteiger partial charge in [0.25, 0.3) is 5.56 Å². The summed E-state index contributed by atoms with van der Waals surface area (Å²) in [6, 6.07) is 1.56. The maximum Gasteiger partial charge on any atom is 0.332 e. The average molecular weight is 304 g/mol. The zero-order chi connectivity index (χ0) is 16.4. The molecule has 0 bridgehead atoms. The third-order valence-corrected chi connectivity index (χ3v) is 3.92. The van der Waals surface area contributed by atoms with Crippen LogP contribution in [0.5, 0.6) is 0 Å². The number of anilines is 1. The standard InChI is InChI=1S/C15H20N4O3/c1-5-9(6-2)13(20)17-10-7-11-12(16-8-10)18(3)15(22)19(4)14(11)21/h7-9H,5-6H2,1-4H3,(H,17,20). The third-order valence-electron chi connectivity index (χ3n) is 3.92. The number of hydrogen-bond acceptors (Lipinski definition) is 4. The minimum atomic E-state index is -0.432. The van der Waals surface area contributed by atoms with Crippen molar-refractivity contribution in [3.05, 3.63) is 33.1 Å². The monoisotopic (exact) mass is 304 g/mol. The quantitative estimate of drug-likeness (QED) is 0.913. The lowest BCUT2D eigenvalue weighted by Gasteiger charge is -2.13. The molecule has 7 heteroatoms. The zero-order valence-corrected chi connectivity index (χ0v) is 13.2. The van der Waals surface area contributed by atoms with Crippen molar-refractivity contribution in [2.45, 2.75) is 26.7 Å². The topological polar surface area (TPSA) is 86.0 Å². The van der Waals surface area contributed by atoms with Crippen LogP contribution in [0.4, 0.5) is 5.69 Å². The van der Waals surface area contributed by atoms with E-state index in [1.165, 1.54) is 17.8 Å². The number of nitrogens with one attached hydrogen (secondary N) is 1. The van der Waals surface area contributed by atoms with Crippen LogP contribution in [-0.4, -0.2) is 20.0 Å². The second-order valence-electron chi connectivity index (χ2n) is 5.30. The molecule has 0 aliphatic carbocycles. The van der Waals surface area contributed by atoms with Crippen LogP contribution in [0.2, 0.25) is 0 Å². The lowest BCUT2D eigenvalue weighted by molar-refractivity contribution is -0.120. The van der Waals surface area contributed by atoms with Gasteiger partial charge >= 0.3 is 5.69 Å². The number of aromatic nitrogens is 3. The molecule has 0 aliphatic rings. The molecule has 0 aliphatic heterocycles. The summed E-state index contributed by atoms with van der Waals surface area (Å²) in [4.78, 5) is 40.3. The fraction of sp³-hybridized carbons (Fsp3) is 0.467. The third kappa shape index (κ3) is 2.66. The number of rotatable bonds is 4. The first-order valence-electron chi connectivity index (χ1n) is 7.27. The van der Waals surface area contributed by atoms with Crippen molar-refractivity contribution in [1.29, 1.82) is 0 Å². The Balaban J connectivity index is 2.50. The molecule has 118 valence electrons. The van der Waals surface area contributed by atoms with Crippen LogP contribution < -0.4 is 16.6 Å². The number of fused-ring (bicyclic) bond motifs is 1. The number of pyridine rings is 1. The Labute approximate surface area is 127 Å². The van der Waals surface area contributed by atoms with Gasteiger partial charge in [0.15, 0.2) is 0 Å². The van der Waals surface area contributed by atoms with E-state index in [0.717, 1.165) is 17.4 Å². The van der Waals surface area contributed by atoms with Gasteiger partial charge in [-0.05, 0) is 18.9 Å². The van der Waals surface area contributed by atoms with Crippen molar-refractivity contribution < 1.29 is 4.79 Å². The number of aryl methyl sites for hydroxylation is 1. The van der Waals surface area contributed by atoms with Gasteiger partial charge in [-0.15, -0.1) is 0 Å². The molecule has 22 heavy (non-hydrogen) atoms. The minimum absolute atomic E-state index is 0.0707. The van der Waals surface area contributed by atoms with Crippen LogP contribution in [-0.2, 0) is 18.9 Å². The molecular weight excluding hydrogens is 284 g/mol. The van der Waals surface area contributed by atoms with Crippen LogP contribution >= 0.6 is 0 Å². The molecule has 1 amide bonds. The number of nitrogens with zero attached hydrogens (tertiary/aromatic N) is 3. The fourth-order valence-electron chi connectivity index (χ4n) is 2.44. The Morgan fingerprint density at radius 1 is 1.23 bits per heavy atom. The molecule has 0 saturated carbocycles. The van der Waals surface area contributed by atoms with Crippen molar-refractivity contribution in [3.63, 3.8) is 0 Å². The van der Waals surface area contributed by atoms with E-state index in [9.17, 15) is 14.4 Å². The van der Waals surface area contributed by atoms with Crippen LogP contribution in [0.1, 0.15) is 26.7 Å². The second-order valence-corrected chi connectivity index (χ2v) is 5.30. The molecule has 0 atom stereocenters. The first kappa shape index (κ1) is 15.9. The summed E-state index contributed by atoms with van der Waals surface area (Å²) in [5.41, 5.74) is -0.100. The van der Waals surface area contributed by atoms with Gasteiger partial charge in [-0.2, -0.15) is 0 Å². The lowest BCUT2D eigenvalue weighted by Crippen LogP contribution is -2.37. The highest BCUT2D eigenvalue weighted by atomic mass is 16.2. The van der Waals surface area contributed by atoms with E-state index in [1.807, 2.05) is 13.8 Å². The smallest absolute Gasteiger partial charge is 0.324 e. The first-order valence-corrected chi connectivity index (χ1v) is 7.27. The number of amides is 1. The molecule has 0 unspecified atom stereocenters. The molecule has 2 aromatic rings. The van der Waals surface area contributed by atoms with Gasteiger partial charge in [0.05, 0.1) is 17.3 Å². The normalized spacial score (nSPS) is 11.1. The molecule has 2 rings (SSSR count). The average Bonchev–Trinajstić information content (AvgIpc) is 2.52. The molecule has 0 spiro atoms. The summed E-state index contributed by atoms with van der Waals surface area (Å²) in [5.74, 6) is -0.161. The largest absolute Gasteiger partial charge is 0.332 e. The lowest BCUT2D eigenvalue weighted by atomic mass is 10.0. The molecule has 0 radical (unpaired) electrons. The van der Waals surface area contributed by atoms with Crippen LogP contribution in [0.3, 0.4) is 0 Å². The van der Waals surface area contributed by atoms with Crippen LogP contribution in [0.25, 0.3) is 11.0 Å². The van der Waals surface area contributed by atoms with Gasteiger partial charge in [-0.25, -0.2) is 9.78 Å². The van der Waals surface area contributed by atoms with Crippen molar-refractivity contribution in [3.8, 4) is 0 Å². The Morgan fingerprint density at radius 3 is 2.45 bits per heavy atom. The van der Waals surface area contributed by atoms with E-state index in [0.29, 0.717) is 16.7 Å². The summed E-state index contributed by atoms with van der Waals surface area (Å²) < 4.78 is 2.33. The van der Waals surface area contributed by atoms with Gasteiger partial charge in [-0.3, -0.25) is 18.7 Å². The number of carbonyl (C=O) groups excluding carboxylic acids is 1. The van der Waals surface area contributed by atoms with Gasteiger partial charge in [0, 0.05) is 20.0 Å². The van der Waals surface area contributed by atoms with Gasteiger partial charge in [0.1, 0.15) is 5.65 Å². The highest BCUT2D eigenvalue weighted by Crippen LogP contribution is 2.15. The van der Waals surface area contributed by atoms with E-state index in [2.05, 4.69) is 10.3 Å². The van der Waals surface area contributed by atoms with Crippen molar-refractivity contribution in [1.82, 2.24) is 14.1 Å². The predicted octanol–water partition coefficient (Wildman–Crippen LogP) is 1.01. The van der Waals surface area contributed by atoms with Crippen LogP contribution in [0, 0.1) is 5.92 Å². The van der Waals surface area contributed by atoms with E-state index in [-0.39, 0.29) is 11.8 Å². The fourth-order valence-corrected chi connectivity index (χ4v) is 2.44. The molecule has 1 N–H and O–H groups in total. The SMILES string of the molecule is CCC(CC)C(=O)Nc1cnc2c(c1)c(=O)n(C)c(=O)n2C. The van der Waals surface area contributed by atoms with Crippen molar-refractivity contribution >= 4 is 22.6 Å². The first-order chi connectivity index (χ1) is 10.4. The number of carbonyl (C=O) groups is 1. The molecule has 0 saturated heterocycles. The molecule has 7 nitrogen and oxygen atoms in total. The van der Waals surface area contributed by atoms with Crippen molar-refractivity contribution in [2.24, 2.45) is 20.0 Å². The highest BCUT2D eigenvalue weighted by molar-refractivity contribution is 5.94. The van der Waals surface area contributed by atoms with E-state index >= 15 is 0 Å². The Bertz CT molecular complexity index is 831. The van der Waals surface area contributed by atoms with E-state index < -0.39 is 11.2 Å². The summed E-state index contributed by atoms with van der Waals surface area (Å²) in [5, 5.41) is 3.08. The van der Waals surface area contributed by atoms with Crippen molar-refractivity contribution in [2.75, 3.05) is 5.32 Å². The Hall–Kier alpha value is -2.44.